The molecule has 0 radical (unpaired) electrons. The average molecular weight is 370 g/mol. The first-order chi connectivity index (χ1) is 12.0. The van der Waals surface area contributed by atoms with Gasteiger partial charge in [-0.05, 0) is 48.2 Å². The molecule has 0 bridgehead atoms. The number of halogens is 1. The Balaban J connectivity index is 1.69. The second-order valence-corrected chi connectivity index (χ2v) is 7.03. The molecule has 2 aromatic carbocycles. The molecule has 3 aromatic rings. The van der Waals surface area contributed by atoms with Crippen molar-refractivity contribution in [3.05, 3.63) is 87.1 Å². The standard InChI is InChI=1S/C20H16ClNO2S/c1-13(20(24)22-17-10-8-16(21)9-11-17)14-4-6-15(7-5-14)19(23)18-3-2-12-25-18/h2-13H,1H3,(H,22,24). The van der Waals surface area contributed by atoms with Crippen LogP contribution < -0.4 is 5.32 Å². The highest BCUT2D eigenvalue weighted by atomic mass is 35.5. The fourth-order valence-corrected chi connectivity index (χ4v) is 3.22. The quantitative estimate of drug-likeness (QED) is 0.614. The van der Waals surface area contributed by atoms with E-state index in [-0.39, 0.29) is 17.6 Å². The third-order valence-corrected chi connectivity index (χ3v) is 5.04. The van der Waals surface area contributed by atoms with Gasteiger partial charge in [-0.1, -0.05) is 41.9 Å². The van der Waals surface area contributed by atoms with Crippen LogP contribution in [-0.2, 0) is 4.79 Å². The molecule has 126 valence electrons. The summed E-state index contributed by atoms with van der Waals surface area (Å²) < 4.78 is 0. The summed E-state index contributed by atoms with van der Waals surface area (Å²) in [5.74, 6) is -0.443. The molecule has 0 fully saturated rings. The zero-order chi connectivity index (χ0) is 17.8. The Labute approximate surface area is 155 Å². The highest BCUT2D eigenvalue weighted by molar-refractivity contribution is 7.12. The third-order valence-electron chi connectivity index (χ3n) is 3.92. The van der Waals surface area contributed by atoms with Crippen LogP contribution in [0.2, 0.25) is 5.02 Å². The molecule has 0 aliphatic carbocycles. The van der Waals surface area contributed by atoms with E-state index in [1.54, 1.807) is 36.4 Å². The maximum absolute atomic E-state index is 12.4. The zero-order valence-electron chi connectivity index (χ0n) is 13.5. The Morgan fingerprint density at radius 3 is 2.28 bits per heavy atom. The second kappa shape index (κ2) is 7.64. The number of hydrogen-bond acceptors (Lipinski definition) is 3. The number of rotatable bonds is 5. The minimum atomic E-state index is -0.332. The van der Waals surface area contributed by atoms with Gasteiger partial charge in [0.2, 0.25) is 11.7 Å². The Hall–Kier alpha value is -2.43. The molecule has 0 spiro atoms. The number of hydrogen-bond donors (Lipinski definition) is 1. The van der Waals surface area contributed by atoms with Gasteiger partial charge in [-0.15, -0.1) is 11.3 Å². The first-order valence-corrected chi connectivity index (χ1v) is 9.05. The van der Waals surface area contributed by atoms with Crippen LogP contribution in [0.3, 0.4) is 0 Å². The number of carbonyl (C=O) groups is 2. The lowest BCUT2D eigenvalue weighted by molar-refractivity contribution is -0.117. The lowest BCUT2D eigenvalue weighted by Gasteiger charge is -2.13. The number of nitrogens with one attached hydrogen (secondary N) is 1. The normalized spacial score (nSPS) is 11.8. The minimum absolute atomic E-state index is 0.000168. The fourth-order valence-electron chi connectivity index (χ4n) is 2.41. The predicted molar refractivity (Wildman–Crippen MR) is 103 cm³/mol. The summed E-state index contributed by atoms with van der Waals surface area (Å²) in [6, 6.07) is 17.8. The molecule has 3 nitrogen and oxygen atoms in total. The van der Waals surface area contributed by atoms with Gasteiger partial charge in [-0.25, -0.2) is 0 Å². The van der Waals surface area contributed by atoms with Crippen molar-refractivity contribution in [2.45, 2.75) is 12.8 Å². The summed E-state index contributed by atoms with van der Waals surface area (Å²) in [5.41, 5.74) is 2.18. The summed E-state index contributed by atoms with van der Waals surface area (Å²) in [4.78, 5) is 25.4. The van der Waals surface area contributed by atoms with Gasteiger partial charge in [0.05, 0.1) is 10.8 Å². The summed E-state index contributed by atoms with van der Waals surface area (Å²) in [6.07, 6.45) is 0. The number of amides is 1. The van der Waals surface area contributed by atoms with Crippen LogP contribution in [0.4, 0.5) is 5.69 Å². The van der Waals surface area contributed by atoms with Crippen molar-refractivity contribution < 1.29 is 9.59 Å². The van der Waals surface area contributed by atoms with Crippen molar-refractivity contribution in [1.29, 1.82) is 0 Å². The smallest absolute Gasteiger partial charge is 0.231 e. The Kier molecular flexibility index (Phi) is 5.31. The molecule has 0 saturated heterocycles. The number of anilines is 1. The molecule has 1 aromatic heterocycles. The molecule has 0 aliphatic rings. The van der Waals surface area contributed by atoms with Gasteiger partial charge in [0.25, 0.3) is 0 Å². The molecule has 5 heteroatoms. The second-order valence-electron chi connectivity index (χ2n) is 5.65. The Bertz CT molecular complexity index is 871. The number of benzene rings is 2. The fraction of sp³-hybridized carbons (Fsp3) is 0.100. The van der Waals surface area contributed by atoms with Gasteiger partial charge >= 0.3 is 0 Å². The van der Waals surface area contributed by atoms with Gasteiger partial charge in [0.15, 0.2) is 0 Å². The van der Waals surface area contributed by atoms with E-state index in [0.717, 1.165) is 5.56 Å². The van der Waals surface area contributed by atoms with Crippen molar-refractivity contribution in [3.63, 3.8) is 0 Å². The van der Waals surface area contributed by atoms with Crippen LogP contribution in [0.15, 0.2) is 66.0 Å². The number of thiophene rings is 1. The summed E-state index contributed by atoms with van der Waals surface area (Å²) in [6.45, 7) is 1.83. The van der Waals surface area contributed by atoms with Gasteiger partial charge in [-0.3, -0.25) is 9.59 Å². The van der Waals surface area contributed by atoms with Crippen molar-refractivity contribution in [1.82, 2.24) is 0 Å². The van der Waals surface area contributed by atoms with E-state index < -0.39 is 0 Å². The molecule has 25 heavy (non-hydrogen) atoms. The van der Waals surface area contributed by atoms with Crippen LogP contribution in [0.25, 0.3) is 0 Å². The van der Waals surface area contributed by atoms with Crippen LogP contribution in [0.1, 0.15) is 33.6 Å². The van der Waals surface area contributed by atoms with Crippen LogP contribution in [0.5, 0.6) is 0 Å². The van der Waals surface area contributed by atoms with Crippen molar-refractivity contribution in [2.75, 3.05) is 5.32 Å². The molecular formula is C20H16ClNO2S. The van der Waals surface area contributed by atoms with Crippen molar-refractivity contribution >= 4 is 40.3 Å². The molecule has 0 saturated carbocycles. The molecule has 0 aliphatic heterocycles. The third kappa shape index (κ3) is 4.16. The lowest BCUT2D eigenvalue weighted by Crippen LogP contribution is -2.18. The molecule has 1 amide bonds. The minimum Gasteiger partial charge on any atom is -0.326 e. The van der Waals surface area contributed by atoms with Crippen molar-refractivity contribution in [3.8, 4) is 0 Å². The number of ketones is 1. The highest BCUT2D eigenvalue weighted by Gasteiger charge is 2.16. The molecule has 1 N–H and O–H groups in total. The molecule has 1 atom stereocenters. The largest absolute Gasteiger partial charge is 0.326 e. The topological polar surface area (TPSA) is 46.2 Å². The molecule has 3 rings (SSSR count). The van der Waals surface area contributed by atoms with E-state index in [1.165, 1.54) is 11.3 Å². The maximum Gasteiger partial charge on any atom is 0.231 e. The van der Waals surface area contributed by atoms with E-state index in [9.17, 15) is 9.59 Å². The summed E-state index contributed by atoms with van der Waals surface area (Å²) >= 11 is 7.26. The van der Waals surface area contributed by atoms with Gasteiger partial charge in [0.1, 0.15) is 0 Å². The van der Waals surface area contributed by atoms with E-state index in [2.05, 4.69) is 5.32 Å². The monoisotopic (exact) mass is 369 g/mol. The molecule has 1 heterocycles. The summed E-state index contributed by atoms with van der Waals surface area (Å²) in [5, 5.41) is 5.37. The van der Waals surface area contributed by atoms with Crippen LogP contribution in [-0.4, -0.2) is 11.7 Å². The van der Waals surface area contributed by atoms with Gasteiger partial charge < -0.3 is 5.32 Å². The van der Waals surface area contributed by atoms with E-state index in [4.69, 9.17) is 11.6 Å². The van der Waals surface area contributed by atoms with Gasteiger partial charge in [-0.2, -0.15) is 0 Å². The maximum atomic E-state index is 12.4. The van der Waals surface area contributed by atoms with E-state index in [0.29, 0.717) is 21.2 Å². The number of carbonyl (C=O) groups excluding carboxylic acids is 2. The van der Waals surface area contributed by atoms with E-state index in [1.807, 2.05) is 36.6 Å². The van der Waals surface area contributed by atoms with E-state index >= 15 is 0 Å². The average Bonchev–Trinajstić information content (AvgIpc) is 3.17. The molecular weight excluding hydrogens is 354 g/mol. The lowest BCUT2D eigenvalue weighted by atomic mass is 9.97. The molecule has 1 unspecified atom stereocenters. The Morgan fingerprint density at radius 1 is 1.00 bits per heavy atom. The van der Waals surface area contributed by atoms with Gasteiger partial charge in [0, 0.05) is 16.3 Å². The van der Waals surface area contributed by atoms with Crippen LogP contribution in [0, 0.1) is 0 Å². The zero-order valence-corrected chi connectivity index (χ0v) is 15.1. The first kappa shape index (κ1) is 17.4. The SMILES string of the molecule is CC(C(=O)Nc1ccc(Cl)cc1)c1ccc(C(=O)c2cccs2)cc1. The Morgan fingerprint density at radius 2 is 1.68 bits per heavy atom. The van der Waals surface area contributed by atoms with Crippen molar-refractivity contribution in [2.24, 2.45) is 0 Å². The van der Waals surface area contributed by atoms with Crippen LogP contribution >= 0.6 is 22.9 Å². The summed E-state index contributed by atoms with van der Waals surface area (Å²) in [7, 11) is 0. The predicted octanol–water partition coefficient (Wildman–Crippen LogP) is 5.37. The first-order valence-electron chi connectivity index (χ1n) is 7.79. The highest BCUT2D eigenvalue weighted by Crippen LogP contribution is 2.21.